The van der Waals surface area contributed by atoms with Crippen LogP contribution in [0.3, 0.4) is 0 Å². The van der Waals surface area contributed by atoms with Gasteiger partial charge in [-0.1, -0.05) is 121 Å². The third-order valence-corrected chi connectivity index (χ3v) is 5.54. The molecule has 0 aromatic heterocycles. The lowest BCUT2D eigenvalue weighted by atomic mass is 9.92. The first kappa shape index (κ1) is 29.6. The zero-order valence-electron chi connectivity index (χ0n) is 20.5. The summed E-state index contributed by atoms with van der Waals surface area (Å²) in [5.74, 6) is 0. The van der Waals surface area contributed by atoms with Gasteiger partial charge < -0.3 is 5.48 Å². The average molecular weight is 519 g/mol. The quantitative estimate of drug-likeness (QED) is 0.252. The zero-order valence-corrected chi connectivity index (χ0v) is 20.5. The molecule has 2 N–H and O–H groups in total. The van der Waals surface area contributed by atoms with Crippen molar-refractivity contribution in [2.75, 3.05) is 0 Å². The van der Waals surface area contributed by atoms with E-state index in [0.717, 1.165) is 0 Å². The molecule has 0 unspecified atom stereocenters. The zero-order chi connectivity index (χ0) is 27.1. The standard InChI is InChI=1S/2C15H10N2O2.H2O/c2*18-11-16-15(17-12-19,13-7-3-1-4-8-13)14-9-5-2-6-10-14;/h2*1-10H;1H2. The smallest absolute Gasteiger partial charge is 0.238 e. The Morgan fingerprint density at radius 1 is 0.359 bits per heavy atom. The molecule has 0 spiro atoms. The van der Waals surface area contributed by atoms with Crippen LogP contribution in [-0.4, -0.2) is 29.8 Å². The summed E-state index contributed by atoms with van der Waals surface area (Å²) in [7, 11) is 0. The van der Waals surface area contributed by atoms with Crippen LogP contribution in [0.25, 0.3) is 0 Å². The number of carbonyl (C=O) groups excluding carboxylic acids is 4. The van der Waals surface area contributed by atoms with E-state index in [1.165, 1.54) is 24.3 Å². The maximum absolute atomic E-state index is 10.8. The molecule has 0 aliphatic rings. The van der Waals surface area contributed by atoms with Crippen molar-refractivity contribution < 1.29 is 24.7 Å². The van der Waals surface area contributed by atoms with E-state index < -0.39 is 11.3 Å². The molecule has 0 aliphatic carbocycles. The van der Waals surface area contributed by atoms with Gasteiger partial charge in [0, 0.05) is 22.3 Å². The fourth-order valence-electron chi connectivity index (χ4n) is 3.85. The molecule has 0 saturated heterocycles. The molecule has 0 amide bonds. The van der Waals surface area contributed by atoms with Crippen molar-refractivity contribution in [2.45, 2.75) is 11.3 Å². The van der Waals surface area contributed by atoms with E-state index >= 15 is 0 Å². The van der Waals surface area contributed by atoms with Crippen molar-refractivity contribution in [1.82, 2.24) is 0 Å². The lowest BCUT2D eigenvalue weighted by molar-refractivity contribution is 0.515. The summed E-state index contributed by atoms with van der Waals surface area (Å²) in [6.07, 6.45) is 5.97. The van der Waals surface area contributed by atoms with E-state index in [2.05, 4.69) is 20.0 Å². The first-order valence-electron chi connectivity index (χ1n) is 11.2. The first-order valence-corrected chi connectivity index (χ1v) is 11.2. The van der Waals surface area contributed by atoms with Crippen molar-refractivity contribution in [1.29, 1.82) is 0 Å². The minimum absolute atomic E-state index is 0. The van der Waals surface area contributed by atoms with E-state index in [1.54, 1.807) is 97.1 Å². The van der Waals surface area contributed by atoms with Gasteiger partial charge in [-0.2, -0.15) is 20.0 Å². The van der Waals surface area contributed by atoms with Crippen molar-refractivity contribution in [3.63, 3.8) is 0 Å². The van der Waals surface area contributed by atoms with Crippen LogP contribution in [0.15, 0.2) is 141 Å². The lowest BCUT2D eigenvalue weighted by Crippen LogP contribution is -2.22. The number of hydrogen-bond acceptors (Lipinski definition) is 8. The monoisotopic (exact) mass is 518 g/mol. The molecule has 9 heteroatoms. The third-order valence-electron chi connectivity index (χ3n) is 5.54. The molecule has 4 rings (SSSR count). The molecule has 9 nitrogen and oxygen atoms in total. The van der Waals surface area contributed by atoms with Crippen LogP contribution in [0, 0.1) is 0 Å². The van der Waals surface area contributed by atoms with Gasteiger partial charge in [-0.25, -0.2) is 19.2 Å². The van der Waals surface area contributed by atoms with E-state index in [9.17, 15) is 19.2 Å². The second kappa shape index (κ2) is 14.8. The summed E-state index contributed by atoms with van der Waals surface area (Å²) in [4.78, 5) is 58.0. The fourth-order valence-corrected chi connectivity index (χ4v) is 3.85. The Labute approximate surface area is 224 Å². The van der Waals surface area contributed by atoms with Gasteiger partial charge in [0.15, 0.2) is 0 Å². The van der Waals surface area contributed by atoms with Crippen LogP contribution in [-0.2, 0) is 30.5 Å². The second-order valence-electron chi connectivity index (χ2n) is 7.62. The predicted molar refractivity (Wildman–Crippen MR) is 143 cm³/mol. The van der Waals surface area contributed by atoms with Crippen LogP contribution in [0.1, 0.15) is 22.3 Å². The van der Waals surface area contributed by atoms with Gasteiger partial charge in [-0.15, -0.1) is 0 Å². The number of isocyanates is 4. The minimum atomic E-state index is -1.41. The van der Waals surface area contributed by atoms with Crippen LogP contribution < -0.4 is 0 Å². The Morgan fingerprint density at radius 2 is 0.538 bits per heavy atom. The Morgan fingerprint density at radius 3 is 0.692 bits per heavy atom. The van der Waals surface area contributed by atoms with E-state index in [-0.39, 0.29) is 5.48 Å². The normalized spacial score (nSPS) is 9.85. The van der Waals surface area contributed by atoms with Gasteiger partial charge >= 0.3 is 0 Å². The van der Waals surface area contributed by atoms with Crippen LogP contribution in [0.5, 0.6) is 0 Å². The summed E-state index contributed by atoms with van der Waals surface area (Å²) in [5, 5.41) is 0. The maximum Gasteiger partial charge on any atom is 0.238 e. The van der Waals surface area contributed by atoms with Crippen LogP contribution in [0.2, 0.25) is 0 Å². The number of benzene rings is 4. The molecule has 0 heterocycles. The summed E-state index contributed by atoms with van der Waals surface area (Å²) in [6.45, 7) is 0. The highest BCUT2D eigenvalue weighted by Crippen LogP contribution is 2.35. The Kier molecular flexibility index (Phi) is 11.2. The van der Waals surface area contributed by atoms with E-state index in [1.807, 2.05) is 24.3 Å². The lowest BCUT2D eigenvalue weighted by Gasteiger charge is -2.23. The molecule has 0 aliphatic heterocycles. The van der Waals surface area contributed by atoms with Gasteiger partial charge in [0.2, 0.25) is 35.6 Å². The maximum atomic E-state index is 10.8. The van der Waals surface area contributed by atoms with Crippen molar-refractivity contribution >= 4 is 24.3 Å². The highest BCUT2D eigenvalue weighted by atomic mass is 16.1. The summed E-state index contributed by atoms with van der Waals surface area (Å²) in [5.41, 5.74) is -0.403. The SMILES string of the molecule is O.O=C=NC(N=C=O)(c1ccccc1)c1ccccc1.O=C=NC(N=C=O)(c1ccccc1)c1ccccc1. The molecule has 0 atom stereocenters. The largest absolute Gasteiger partial charge is 0.412 e. The molecule has 0 bridgehead atoms. The molecule has 0 radical (unpaired) electrons. The fraction of sp³-hybridized carbons (Fsp3) is 0.0667. The Balaban J connectivity index is 0.000000267. The summed E-state index contributed by atoms with van der Waals surface area (Å²) in [6, 6.07) is 35.6. The van der Waals surface area contributed by atoms with Crippen molar-refractivity contribution in [3.05, 3.63) is 144 Å². The van der Waals surface area contributed by atoms with Gasteiger partial charge in [0.1, 0.15) is 0 Å². The van der Waals surface area contributed by atoms with Gasteiger partial charge in [0.05, 0.1) is 0 Å². The highest BCUT2D eigenvalue weighted by molar-refractivity contribution is 5.50. The number of aliphatic imine (C=N–C) groups is 4. The molecule has 192 valence electrons. The van der Waals surface area contributed by atoms with Crippen molar-refractivity contribution in [2.24, 2.45) is 20.0 Å². The predicted octanol–water partition coefficient (Wildman–Crippen LogP) is 4.29. The van der Waals surface area contributed by atoms with Crippen molar-refractivity contribution in [3.8, 4) is 0 Å². The molecule has 4 aromatic rings. The molecule has 39 heavy (non-hydrogen) atoms. The van der Waals surface area contributed by atoms with Gasteiger partial charge in [0.25, 0.3) is 0 Å². The van der Waals surface area contributed by atoms with E-state index in [4.69, 9.17) is 0 Å². The third kappa shape index (κ3) is 6.77. The van der Waals surface area contributed by atoms with E-state index in [0.29, 0.717) is 22.3 Å². The molecular formula is C30H22N4O5. The Hall–Kier alpha value is -5.64. The van der Waals surface area contributed by atoms with Crippen LogP contribution >= 0.6 is 0 Å². The second-order valence-corrected chi connectivity index (χ2v) is 7.62. The molecule has 0 saturated carbocycles. The molecule has 4 aromatic carbocycles. The number of nitrogens with zero attached hydrogens (tertiary/aromatic N) is 4. The Bertz CT molecular complexity index is 1280. The van der Waals surface area contributed by atoms with Crippen LogP contribution in [0.4, 0.5) is 0 Å². The highest BCUT2D eigenvalue weighted by Gasteiger charge is 2.35. The average Bonchev–Trinajstić information content (AvgIpc) is 2.99. The van der Waals surface area contributed by atoms with Gasteiger partial charge in [-0.05, 0) is 0 Å². The molecular weight excluding hydrogens is 496 g/mol. The summed E-state index contributed by atoms with van der Waals surface area (Å²) < 4.78 is 0. The minimum Gasteiger partial charge on any atom is -0.412 e. The number of rotatable bonds is 8. The molecule has 0 fully saturated rings. The number of hydrogen-bond donors (Lipinski definition) is 0. The topological polar surface area (TPSA) is 149 Å². The van der Waals surface area contributed by atoms with Gasteiger partial charge in [-0.3, -0.25) is 0 Å². The summed E-state index contributed by atoms with van der Waals surface area (Å²) >= 11 is 0. The first-order chi connectivity index (χ1) is 18.7.